The molecule has 2 aromatic rings. The number of rotatable bonds is 9. The Hall–Kier alpha value is -2.01. The number of fused-ring (bicyclic) bond motifs is 1. The van der Waals surface area contributed by atoms with Gasteiger partial charge < -0.3 is 15.4 Å². The first-order valence-electron chi connectivity index (χ1n) is 10.3. The highest BCUT2D eigenvalue weighted by Crippen LogP contribution is 2.29. The van der Waals surface area contributed by atoms with Crippen LogP contribution in [0.2, 0.25) is 0 Å². The van der Waals surface area contributed by atoms with Crippen LogP contribution in [0.3, 0.4) is 0 Å². The number of guanidine groups is 1. The van der Waals surface area contributed by atoms with Crippen molar-refractivity contribution in [3.63, 3.8) is 0 Å². The Morgan fingerprint density at radius 1 is 1.13 bits per heavy atom. The molecule has 2 aromatic carbocycles. The third-order valence-electron chi connectivity index (χ3n) is 5.02. The van der Waals surface area contributed by atoms with Gasteiger partial charge >= 0.3 is 0 Å². The third kappa shape index (κ3) is 6.73. The summed E-state index contributed by atoms with van der Waals surface area (Å²) in [6, 6.07) is 15.6. The molecule has 1 aliphatic heterocycles. The molecular formula is C22H31IN4O3S. The highest BCUT2D eigenvalue weighted by Gasteiger charge is 2.28. The van der Waals surface area contributed by atoms with Crippen LogP contribution in [0.1, 0.15) is 18.1 Å². The van der Waals surface area contributed by atoms with Crippen molar-refractivity contribution >= 4 is 45.6 Å². The number of anilines is 1. The van der Waals surface area contributed by atoms with Gasteiger partial charge in [0.2, 0.25) is 10.0 Å². The number of hydrogen-bond acceptors (Lipinski definition) is 4. The second kappa shape index (κ2) is 12.1. The number of ether oxygens (including phenoxy) is 1. The summed E-state index contributed by atoms with van der Waals surface area (Å²) in [4.78, 5) is 4.46. The van der Waals surface area contributed by atoms with Crippen molar-refractivity contribution in [1.82, 2.24) is 10.6 Å². The van der Waals surface area contributed by atoms with Crippen molar-refractivity contribution in [1.29, 1.82) is 0 Å². The minimum Gasteiger partial charge on any atom is -0.496 e. The van der Waals surface area contributed by atoms with E-state index >= 15 is 0 Å². The summed E-state index contributed by atoms with van der Waals surface area (Å²) in [6.07, 6.45) is 1.53. The lowest BCUT2D eigenvalue weighted by molar-refractivity contribution is 0.409. The van der Waals surface area contributed by atoms with Crippen molar-refractivity contribution in [3.8, 4) is 5.75 Å². The minimum atomic E-state index is -3.40. The van der Waals surface area contributed by atoms with Crippen molar-refractivity contribution in [2.24, 2.45) is 4.99 Å². The fraction of sp³-hybridized carbons (Fsp3) is 0.409. The Labute approximate surface area is 202 Å². The number of aliphatic imine (C=N–C) groups is 1. The Kier molecular flexibility index (Phi) is 9.89. The van der Waals surface area contributed by atoms with Gasteiger partial charge in [-0.3, -0.25) is 9.30 Å². The van der Waals surface area contributed by atoms with E-state index in [2.05, 4.69) is 15.6 Å². The molecule has 0 unspecified atom stereocenters. The van der Waals surface area contributed by atoms with Crippen LogP contribution in [0.5, 0.6) is 5.75 Å². The zero-order valence-electron chi connectivity index (χ0n) is 18.0. The fourth-order valence-corrected chi connectivity index (χ4v) is 4.94. The van der Waals surface area contributed by atoms with Gasteiger partial charge in [-0.15, -0.1) is 24.0 Å². The average Bonchev–Trinajstić information content (AvgIpc) is 3.19. The number of para-hydroxylation sites is 2. The number of methoxy groups -OCH3 is 1. The smallest absolute Gasteiger partial charge is 0.237 e. The second-order valence-corrected chi connectivity index (χ2v) is 9.03. The summed E-state index contributed by atoms with van der Waals surface area (Å²) in [7, 11) is -1.74. The van der Waals surface area contributed by atoms with Gasteiger partial charge in [-0.25, -0.2) is 8.42 Å². The Balaban J connectivity index is 0.00000341. The molecule has 1 aliphatic rings. The predicted octanol–water partition coefficient (Wildman–Crippen LogP) is 2.80. The zero-order chi connectivity index (χ0) is 21.4. The predicted molar refractivity (Wildman–Crippen MR) is 137 cm³/mol. The average molecular weight is 558 g/mol. The van der Waals surface area contributed by atoms with E-state index in [1.165, 1.54) is 4.31 Å². The molecular weight excluding hydrogens is 527 g/mol. The van der Waals surface area contributed by atoms with Gasteiger partial charge in [0.15, 0.2) is 5.96 Å². The lowest BCUT2D eigenvalue weighted by Crippen LogP contribution is -2.39. The van der Waals surface area contributed by atoms with E-state index in [0.29, 0.717) is 25.6 Å². The van der Waals surface area contributed by atoms with Crippen LogP contribution in [-0.4, -0.2) is 53.4 Å². The molecule has 0 saturated heterocycles. The van der Waals surface area contributed by atoms with Crippen LogP contribution in [0.15, 0.2) is 53.5 Å². The van der Waals surface area contributed by atoms with Gasteiger partial charge in [0.05, 0.1) is 25.1 Å². The normalized spacial score (nSPS) is 13.4. The van der Waals surface area contributed by atoms with E-state index < -0.39 is 10.0 Å². The molecule has 0 atom stereocenters. The summed E-state index contributed by atoms with van der Waals surface area (Å²) in [5, 5.41) is 6.43. The maximum absolute atomic E-state index is 12.8. The van der Waals surface area contributed by atoms with E-state index in [9.17, 15) is 8.42 Å². The number of nitrogens with one attached hydrogen (secondary N) is 2. The third-order valence-corrected chi connectivity index (χ3v) is 6.77. The molecule has 1 heterocycles. The van der Waals surface area contributed by atoms with Gasteiger partial charge in [-0.1, -0.05) is 36.4 Å². The molecule has 0 fully saturated rings. The number of hydrogen-bond donors (Lipinski definition) is 2. The summed E-state index contributed by atoms with van der Waals surface area (Å²) >= 11 is 0. The molecule has 0 bridgehead atoms. The first kappa shape index (κ1) is 25.3. The molecule has 0 saturated carbocycles. The maximum atomic E-state index is 12.8. The SMILES string of the molecule is CCNC(=NCCS(=O)(=O)N1CCc2ccccc21)NCCc1ccccc1OC.I. The molecule has 7 nitrogen and oxygen atoms in total. The molecule has 0 amide bonds. The van der Waals surface area contributed by atoms with Crippen molar-refractivity contribution in [2.45, 2.75) is 19.8 Å². The van der Waals surface area contributed by atoms with Crippen molar-refractivity contribution in [2.75, 3.05) is 43.3 Å². The Morgan fingerprint density at radius 2 is 1.87 bits per heavy atom. The first-order chi connectivity index (χ1) is 14.5. The summed E-state index contributed by atoms with van der Waals surface area (Å²) < 4.78 is 32.5. The van der Waals surface area contributed by atoms with Gasteiger partial charge in [0.1, 0.15) is 5.75 Å². The monoisotopic (exact) mass is 558 g/mol. The van der Waals surface area contributed by atoms with Crippen LogP contribution < -0.4 is 19.7 Å². The Bertz CT molecular complexity index is 982. The van der Waals surface area contributed by atoms with E-state index in [4.69, 9.17) is 4.74 Å². The second-order valence-electron chi connectivity index (χ2n) is 7.02. The highest BCUT2D eigenvalue weighted by molar-refractivity contribution is 14.0. The number of halogens is 1. The van der Waals surface area contributed by atoms with E-state index in [0.717, 1.165) is 35.4 Å². The molecule has 31 heavy (non-hydrogen) atoms. The topological polar surface area (TPSA) is 83.0 Å². The highest BCUT2D eigenvalue weighted by atomic mass is 127. The quantitative estimate of drug-likeness (QED) is 0.281. The summed E-state index contributed by atoms with van der Waals surface area (Å²) in [6.45, 7) is 4.05. The minimum absolute atomic E-state index is 0. The summed E-state index contributed by atoms with van der Waals surface area (Å²) in [5.41, 5.74) is 2.98. The van der Waals surface area contributed by atoms with E-state index in [1.54, 1.807) is 7.11 Å². The van der Waals surface area contributed by atoms with Crippen molar-refractivity contribution < 1.29 is 13.2 Å². The lowest BCUT2D eigenvalue weighted by atomic mass is 10.1. The molecule has 0 aromatic heterocycles. The number of sulfonamides is 1. The van der Waals surface area contributed by atoms with Crippen LogP contribution in [0.25, 0.3) is 0 Å². The molecule has 0 aliphatic carbocycles. The van der Waals surface area contributed by atoms with Gasteiger partial charge in [0.25, 0.3) is 0 Å². The fourth-order valence-electron chi connectivity index (χ4n) is 3.55. The molecule has 9 heteroatoms. The zero-order valence-corrected chi connectivity index (χ0v) is 21.2. The molecule has 0 spiro atoms. The van der Waals surface area contributed by atoms with Crippen LogP contribution in [0, 0.1) is 0 Å². The standard InChI is InChI=1S/C22H30N4O3S.HI/c1-3-23-22(24-14-12-19-9-5-7-11-21(19)29-2)25-15-17-30(27,28)26-16-13-18-8-4-6-10-20(18)26;/h4-11H,3,12-17H2,1-2H3,(H2,23,24,25);1H. The Morgan fingerprint density at radius 3 is 2.65 bits per heavy atom. The number of benzene rings is 2. The van der Waals surface area contributed by atoms with E-state index in [-0.39, 0.29) is 36.3 Å². The molecule has 2 N–H and O–H groups in total. The van der Waals surface area contributed by atoms with Gasteiger partial charge in [-0.2, -0.15) is 0 Å². The number of nitrogens with zero attached hydrogens (tertiary/aromatic N) is 2. The van der Waals surface area contributed by atoms with Gasteiger partial charge in [0, 0.05) is 19.6 Å². The summed E-state index contributed by atoms with van der Waals surface area (Å²) in [5.74, 6) is 1.45. The van der Waals surface area contributed by atoms with Crippen molar-refractivity contribution in [3.05, 3.63) is 59.7 Å². The van der Waals surface area contributed by atoms with Crippen LogP contribution >= 0.6 is 24.0 Å². The molecule has 0 radical (unpaired) electrons. The van der Waals surface area contributed by atoms with Crippen LogP contribution in [0.4, 0.5) is 5.69 Å². The largest absolute Gasteiger partial charge is 0.496 e. The first-order valence-corrected chi connectivity index (χ1v) is 11.9. The van der Waals surface area contributed by atoms with Crippen LogP contribution in [-0.2, 0) is 22.9 Å². The maximum Gasteiger partial charge on any atom is 0.237 e. The van der Waals surface area contributed by atoms with E-state index in [1.807, 2.05) is 55.5 Å². The van der Waals surface area contributed by atoms with Gasteiger partial charge in [-0.05, 0) is 43.0 Å². The molecule has 170 valence electrons. The lowest BCUT2D eigenvalue weighted by Gasteiger charge is -2.19. The molecule has 3 rings (SSSR count).